The Morgan fingerprint density at radius 1 is 0.750 bits per heavy atom. The minimum Gasteiger partial charge on any atom is -0.483 e. The minimum absolute atomic E-state index is 0.0290. The molecule has 6 nitrogen and oxygen atoms in total. The van der Waals surface area contributed by atoms with Gasteiger partial charge in [-0.2, -0.15) is 0 Å². The summed E-state index contributed by atoms with van der Waals surface area (Å²) in [7, 11) is 0. The number of nitrogens with zero attached hydrogens (tertiary/aromatic N) is 1. The van der Waals surface area contributed by atoms with Crippen LogP contribution in [0.4, 0.5) is 5.69 Å². The highest BCUT2D eigenvalue weighted by molar-refractivity contribution is 5.97. The molecule has 0 radical (unpaired) electrons. The molecule has 2 N–H and O–H groups in total. The molecule has 0 saturated heterocycles. The molecule has 5 rings (SSSR count). The average Bonchev–Trinajstić information content (AvgIpc) is 3.12. The summed E-state index contributed by atoms with van der Waals surface area (Å²) in [6, 6.07) is 32.8. The van der Waals surface area contributed by atoms with Crippen LogP contribution in [0.3, 0.4) is 0 Å². The third-order valence-electron chi connectivity index (χ3n) is 9.13. The lowest BCUT2D eigenvalue weighted by atomic mass is 9.84. The molecule has 0 unspecified atom stereocenters. The van der Waals surface area contributed by atoms with Gasteiger partial charge in [0.1, 0.15) is 0 Å². The molecular formula is C42H48N2O4. The molecule has 0 aromatic heterocycles. The van der Waals surface area contributed by atoms with Crippen molar-refractivity contribution in [1.82, 2.24) is 4.90 Å². The lowest BCUT2D eigenvalue weighted by Crippen LogP contribution is -2.21. The lowest BCUT2D eigenvalue weighted by molar-refractivity contribution is -0.123. The number of rotatable bonds is 13. The standard InChI is InChI=1S/C41H46N2O2.CH2O2/c1-4-31-11-13-33(14-12-31)28-41(45)42-39-25-23-35(24-26-39)30(3)43(5-2)29-34-17-15-32(16-18-34)27-40(44)38-21-19-37(20-22-38)36-9-7-6-8-10-36;2-1-3/h11-26,36H,3-10,27-29H2,1-2H3,(H,42,45);1H,(H,2,3). The molecule has 4 aromatic carbocycles. The summed E-state index contributed by atoms with van der Waals surface area (Å²) in [5, 5.41) is 9.90. The third kappa shape index (κ3) is 10.5. The van der Waals surface area contributed by atoms with Crippen LogP contribution in [0.2, 0.25) is 0 Å². The number of hydrogen-bond donors (Lipinski definition) is 2. The molecule has 0 aliphatic heterocycles. The van der Waals surface area contributed by atoms with E-state index in [2.05, 4.69) is 79.2 Å². The molecule has 1 fully saturated rings. The van der Waals surface area contributed by atoms with Gasteiger partial charge in [0.2, 0.25) is 5.91 Å². The fourth-order valence-electron chi connectivity index (χ4n) is 6.26. The largest absolute Gasteiger partial charge is 0.483 e. The first-order chi connectivity index (χ1) is 23.3. The number of aryl methyl sites for hydroxylation is 1. The van der Waals surface area contributed by atoms with Crippen molar-refractivity contribution in [2.24, 2.45) is 0 Å². The fourth-order valence-corrected chi connectivity index (χ4v) is 6.26. The smallest absolute Gasteiger partial charge is 0.290 e. The summed E-state index contributed by atoms with van der Waals surface area (Å²) >= 11 is 0. The maximum Gasteiger partial charge on any atom is 0.290 e. The highest BCUT2D eigenvalue weighted by atomic mass is 16.3. The Kier molecular flexibility index (Phi) is 13.7. The molecule has 1 amide bonds. The van der Waals surface area contributed by atoms with Crippen molar-refractivity contribution in [2.45, 2.75) is 77.7 Å². The maximum absolute atomic E-state index is 13.0. The van der Waals surface area contributed by atoms with Crippen LogP contribution in [0.25, 0.3) is 5.70 Å². The van der Waals surface area contributed by atoms with Crippen molar-refractivity contribution >= 4 is 29.5 Å². The molecule has 0 spiro atoms. The number of carbonyl (C=O) groups excluding carboxylic acids is 2. The van der Waals surface area contributed by atoms with Crippen LogP contribution in [-0.2, 0) is 35.4 Å². The van der Waals surface area contributed by atoms with E-state index in [1.54, 1.807) is 0 Å². The Labute approximate surface area is 285 Å². The van der Waals surface area contributed by atoms with Crippen molar-refractivity contribution in [3.8, 4) is 0 Å². The van der Waals surface area contributed by atoms with Gasteiger partial charge in [-0.1, -0.05) is 118 Å². The summed E-state index contributed by atoms with van der Waals surface area (Å²) in [5.74, 6) is 0.784. The minimum atomic E-state index is -0.250. The van der Waals surface area contributed by atoms with Crippen LogP contribution in [0.15, 0.2) is 104 Å². The van der Waals surface area contributed by atoms with E-state index in [1.165, 1.54) is 48.8 Å². The number of hydrogen-bond acceptors (Lipinski definition) is 4. The van der Waals surface area contributed by atoms with Crippen LogP contribution >= 0.6 is 0 Å². The molecule has 0 bridgehead atoms. The number of nitrogens with one attached hydrogen (secondary N) is 1. The molecular weight excluding hydrogens is 596 g/mol. The predicted octanol–water partition coefficient (Wildman–Crippen LogP) is 9.10. The van der Waals surface area contributed by atoms with Crippen LogP contribution in [0.5, 0.6) is 0 Å². The van der Waals surface area contributed by atoms with Gasteiger partial charge in [-0.15, -0.1) is 0 Å². The molecule has 1 aliphatic rings. The van der Waals surface area contributed by atoms with Gasteiger partial charge in [-0.3, -0.25) is 14.4 Å². The predicted molar refractivity (Wildman–Crippen MR) is 195 cm³/mol. The molecule has 48 heavy (non-hydrogen) atoms. The zero-order valence-corrected chi connectivity index (χ0v) is 28.3. The number of anilines is 1. The average molecular weight is 645 g/mol. The second kappa shape index (κ2) is 18.4. The topological polar surface area (TPSA) is 86.7 Å². The van der Waals surface area contributed by atoms with Gasteiger partial charge in [0.25, 0.3) is 6.47 Å². The molecule has 250 valence electrons. The summed E-state index contributed by atoms with van der Waals surface area (Å²) in [6.07, 6.45) is 8.26. The van der Waals surface area contributed by atoms with E-state index in [1.807, 2.05) is 48.5 Å². The van der Waals surface area contributed by atoms with Crippen LogP contribution in [0, 0.1) is 0 Å². The Bertz CT molecular complexity index is 1620. The van der Waals surface area contributed by atoms with Gasteiger partial charge < -0.3 is 15.3 Å². The first kappa shape index (κ1) is 35.9. The number of amides is 1. The third-order valence-corrected chi connectivity index (χ3v) is 9.13. The van der Waals surface area contributed by atoms with Gasteiger partial charge in [-0.05, 0) is 77.6 Å². The molecule has 6 heteroatoms. The summed E-state index contributed by atoms with van der Waals surface area (Å²) < 4.78 is 0. The number of benzene rings is 4. The molecule has 0 heterocycles. The Morgan fingerprint density at radius 3 is 1.83 bits per heavy atom. The van der Waals surface area contributed by atoms with Crippen LogP contribution in [0.1, 0.15) is 95.6 Å². The van der Waals surface area contributed by atoms with Gasteiger partial charge in [0.05, 0.1) is 6.42 Å². The Balaban J connectivity index is 0.00000167. The normalized spacial score (nSPS) is 12.7. The molecule has 4 aromatic rings. The van der Waals surface area contributed by atoms with E-state index in [0.717, 1.165) is 53.1 Å². The van der Waals surface area contributed by atoms with Crippen LogP contribution in [-0.4, -0.2) is 34.7 Å². The van der Waals surface area contributed by atoms with E-state index in [0.29, 0.717) is 18.8 Å². The van der Waals surface area contributed by atoms with E-state index in [9.17, 15) is 9.59 Å². The maximum atomic E-state index is 13.0. The molecule has 0 atom stereocenters. The lowest BCUT2D eigenvalue weighted by Gasteiger charge is -2.26. The number of ketones is 1. The monoisotopic (exact) mass is 644 g/mol. The van der Waals surface area contributed by atoms with Crippen molar-refractivity contribution < 1.29 is 19.5 Å². The number of carbonyl (C=O) groups is 3. The van der Waals surface area contributed by atoms with Crippen molar-refractivity contribution in [2.75, 3.05) is 11.9 Å². The SMILES string of the molecule is C=C(c1ccc(NC(=O)Cc2ccc(CC)cc2)cc1)N(CC)Cc1ccc(CC(=O)c2ccc(C3CCCCC3)cc2)cc1.O=CO. The highest BCUT2D eigenvalue weighted by Gasteiger charge is 2.16. The van der Waals surface area contributed by atoms with Crippen molar-refractivity contribution in [1.29, 1.82) is 0 Å². The van der Waals surface area contributed by atoms with Gasteiger partial charge in [0.15, 0.2) is 5.78 Å². The van der Waals surface area contributed by atoms with E-state index in [-0.39, 0.29) is 18.2 Å². The second-order valence-electron chi connectivity index (χ2n) is 12.4. The summed E-state index contributed by atoms with van der Waals surface area (Å²) in [5.41, 5.74) is 9.36. The first-order valence-electron chi connectivity index (χ1n) is 17.0. The van der Waals surface area contributed by atoms with Gasteiger partial charge >= 0.3 is 0 Å². The van der Waals surface area contributed by atoms with E-state index in [4.69, 9.17) is 9.90 Å². The number of Topliss-reactive ketones (excluding diaryl/α,β-unsaturated/α-hetero) is 1. The van der Waals surface area contributed by atoms with E-state index >= 15 is 0 Å². The quantitative estimate of drug-likeness (QED) is 0.112. The zero-order chi connectivity index (χ0) is 34.3. The van der Waals surface area contributed by atoms with Crippen LogP contribution < -0.4 is 5.32 Å². The second-order valence-corrected chi connectivity index (χ2v) is 12.4. The summed E-state index contributed by atoms with van der Waals surface area (Å²) in [4.78, 5) is 36.2. The number of carboxylic acid groups (broad SMARTS) is 1. The summed E-state index contributed by atoms with van der Waals surface area (Å²) in [6.45, 7) is 9.91. The Hall–Kier alpha value is -4.97. The highest BCUT2D eigenvalue weighted by Crippen LogP contribution is 2.32. The van der Waals surface area contributed by atoms with E-state index < -0.39 is 0 Å². The first-order valence-corrected chi connectivity index (χ1v) is 17.0. The zero-order valence-electron chi connectivity index (χ0n) is 28.3. The molecule has 1 saturated carbocycles. The van der Waals surface area contributed by atoms with Crippen molar-refractivity contribution in [3.63, 3.8) is 0 Å². The van der Waals surface area contributed by atoms with Gasteiger partial charge in [0, 0.05) is 36.5 Å². The molecule has 1 aliphatic carbocycles. The van der Waals surface area contributed by atoms with Gasteiger partial charge in [-0.25, -0.2) is 0 Å². The fraction of sp³-hybridized carbons (Fsp3) is 0.310. The van der Waals surface area contributed by atoms with Crippen molar-refractivity contribution in [3.05, 3.63) is 143 Å². The Morgan fingerprint density at radius 2 is 1.27 bits per heavy atom.